The molecule has 1 aliphatic rings. The number of nitrogens with two attached hydrogens (primary N) is 1. The molecule has 1 aromatic carbocycles. The van der Waals surface area contributed by atoms with Gasteiger partial charge in [0.1, 0.15) is 40.4 Å². The third kappa shape index (κ3) is 5.33. The molecule has 40 heavy (non-hydrogen) atoms. The van der Waals surface area contributed by atoms with Gasteiger partial charge in [-0.05, 0) is 64.8 Å². The van der Waals surface area contributed by atoms with Crippen LogP contribution < -0.4 is 20.3 Å². The number of hydrogen-bond donors (Lipinski definition) is 2. The Bertz CT molecular complexity index is 1620. The smallest absolute Gasteiger partial charge is 0.414 e. The largest absolute Gasteiger partial charge is 0.443 e. The van der Waals surface area contributed by atoms with Gasteiger partial charge in [-0.25, -0.2) is 14.2 Å². The molecule has 0 aliphatic carbocycles. The zero-order chi connectivity index (χ0) is 28.8. The predicted molar refractivity (Wildman–Crippen MR) is 149 cm³/mol. The fraction of sp³-hybridized carbons (Fsp3) is 0.393. The summed E-state index contributed by atoms with van der Waals surface area (Å²) in [4.78, 5) is 32.9. The fourth-order valence-electron chi connectivity index (χ4n) is 4.89. The number of carbonyl (C=O) groups is 1. The lowest BCUT2D eigenvalue weighted by Gasteiger charge is -2.37. The highest BCUT2D eigenvalue weighted by Crippen LogP contribution is 2.40. The number of carbonyl (C=O) groups excluding carboxylic acids is 1. The van der Waals surface area contributed by atoms with Gasteiger partial charge < -0.3 is 25.1 Å². The first kappa shape index (κ1) is 27.1. The van der Waals surface area contributed by atoms with Crippen molar-refractivity contribution in [1.82, 2.24) is 19.9 Å². The molecule has 12 heteroatoms. The number of nitriles is 1. The fourth-order valence-corrected chi connectivity index (χ4v) is 4.89. The van der Waals surface area contributed by atoms with Crippen molar-refractivity contribution in [2.45, 2.75) is 58.2 Å². The van der Waals surface area contributed by atoms with E-state index in [1.807, 2.05) is 6.07 Å². The van der Waals surface area contributed by atoms with E-state index in [0.29, 0.717) is 45.7 Å². The van der Waals surface area contributed by atoms with E-state index in [4.69, 9.17) is 25.5 Å². The van der Waals surface area contributed by atoms with Crippen molar-refractivity contribution in [2.75, 3.05) is 23.4 Å². The second-order valence-corrected chi connectivity index (χ2v) is 11.0. The summed E-state index contributed by atoms with van der Waals surface area (Å²) < 4.78 is 26.5. The number of piperidine rings is 1. The van der Waals surface area contributed by atoms with Crippen LogP contribution in [0.15, 0.2) is 30.5 Å². The number of fused-ring (bicyclic) bond motifs is 3. The lowest BCUT2D eigenvalue weighted by atomic mass is 9.98. The van der Waals surface area contributed by atoms with E-state index in [2.05, 4.69) is 26.8 Å². The molecule has 1 fully saturated rings. The second kappa shape index (κ2) is 10.2. The summed E-state index contributed by atoms with van der Waals surface area (Å²) in [5.74, 6) is 0.386. The van der Waals surface area contributed by atoms with Crippen molar-refractivity contribution in [3.63, 3.8) is 0 Å². The summed E-state index contributed by atoms with van der Waals surface area (Å²) in [5, 5.41) is 10.2. The summed E-state index contributed by atoms with van der Waals surface area (Å²) in [6, 6.07) is 7.95. The van der Waals surface area contributed by atoms with E-state index >= 15 is 4.39 Å². The van der Waals surface area contributed by atoms with Gasteiger partial charge in [0.15, 0.2) is 0 Å². The van der Waals surface area contributed by atoms with Crippen molar-refractivity contribution in [1.29, 1.82) is 5.26 Å². The first-order valence-electron chi connectivity index (χ1n) is 13.0. The van der Waals surface area contributed by atoms with Gasteiger partial charge in [-0.2, -0.15) is 15.2 Å². The second-order valence-electron chi connectivity index (χ2n) is 11.0. The van der Waals surface area contributed by atoms with Crippen LogP contribution in [0.5, 0.6) is 11.8 Å². The first-order chi connectivity index (χ1) is 18.9. The average molecular weight is 547 g/mol. The van der Waals surface area contributed by atoms with Crippen molar-refractivity contribution in [3.8, 4) is 17.8 Å². The number of nitrogens with zero attached hydrogens (tertiary/aromatic N) is 6. The van der Waals surface area contributed by atoms with E-state index in [9.17, 15) is 4.79 Å². The Morgan fingerprint density at radius 2 is 2.08 bits per heavy atom. The standard InChI is InChI=1S/C28H31FN8O3/c1-15-10-17(31)8-9-37(15)25-22-20-11-16(29)12-21(36(5)27(38)40-28(2,3)4)23(20)33-24(22)34-26(35-25)39-19-7-6-18(13-30)32-14-19/h6-7,11-12,14-15,17H,8-10,31H2,1-5H3,(H,33,34,35)/t15-,17?/m1/s1. The monoisotopic (exact) mass is 546 g/mol. The van der Waals surface area contributed by atoms with Crippen LogP contribution in [0.3, 0.4) is 0 Å². The molecule has 1 aliphatic heterocycles. The highest BCUT2D eigenvalue weighted by Gasteiger charge is 2.30. The third-order valence-corrected chi connectivity index (χ3v) is 6.74. The number of pyridine rings is 1. The minimum Gasteiger partial charge on any atom is -0.443 e. The number of benzene rings is 1. The lowest BCUT2D eigenvalue weighted by Crippen LogP contribution is -2.46. The van der Waals surface area contributed by atoms with Crippen molar-refractivity contribution in [2.24, 2.45) is 5.73 Å². The van der Waals surface area contributed by atoms with Gasteiger partial charge in [-0.3, -0.25) is 4.90 Å². The number of hydrogen-bond acceptors (Lipinski definition) is 9. The maximum Gasteiger partial charge on any atom is 0.414 e. The molecular weight excluding hydrogens is 515 g/mol. The molecule has 5 rings (SSSR count). The van der Waals surface area contributed by atoms with E-state index in [0.717, 1.165) is 12.8 Å². The quantitative estimate of drug-likeness (QED) is 0.361. The van der Waals surface area contributed by atoms with Crippen molar-refractivity contribution < 1.29 is 18.7 Å². The number of anilines is 2. The van der Waals surface area contributed by atoms with Gasteiger partial charge in [0.25, 0.3) is 0 Å². The number of aromatic amines is 1. The number of H-pyrrole nitrogens is 1. The van der Waals surface area contributed by atoms with Crippen LogP contribution >= 0.6 is 0 Å². The molecule has 1 saturated heterocycles. The summed E-state index contributed by atoms with van der Waals surface area (Å²) in [6.07, 6.45) is 2.31. The Morgan fingerprint density at radius 3 is 2.73 bits per heavy atom. The van der Waals surface area contributed by atoms with E-state index < -0.39 is 17.5 Å². The summed E-state index contributed by atoms with van der Waals surface area (Å²) >= 11 is 0. The highest BCUT2D eigenvalue weighted by atomic mass is 19.1. The summed E-state index contributed by atoms with van der Waals surface area (Å²) in [5.41, 5.74) is 6.95. The molecule has 0 saturated carbocycles. The van der Waals surface area contributed by atoms with Gasteiger partial charge in [-0.1, -0.05) is 0 Å². The molecule has 0 bridgehead atoms. The molecule has 3 aromatic heterocycles. The molecular formula is C28H31FN8O3. The average Bonchev–Trinajstić information content (AvgIpc) is 3.25. The molecule has 4 aromatic rings. The SMILES string of the molecule is C[C@@H]1CC(N)CCN1c1nc(Oc2ccc(C#N)nc2)nc2[nH]c3c(N(C)C(=O)OC(C)(C)C)cc(F)cc3c12. The van der Waals surface area contributed by atoms with Crippen LogP contribution in [0.2, 0.25) is 0 Å². The minimum atomic E-state index is -0.728. The minimum absolute atomic E-state index is 0.0464. The molecule has 1 unspecified atom stereocenters. The molecule has 3 N–H and O–H groups in total. The number of nitrogens with one attached hydrogen (secondary N) is 1. The topological polar surface area (TPSA) is 146 Å². The van der Waals surface area contributed by atoms with Gasteiger partial charge in [-0.15, -0.1) is 0 Å². The van der Waals surface area contributed by atoms with Gasteiger partial charge >= 0.3 is 12.1 Å². The Hall–Kier alpha value is -4.50. The maximum atomic E-state index is 15.1. The van der Waals surface area contributed by atoms with Crippen LogP contribution in [0.4, 0.5) is 20.7 Å². The highest BCUT2D eigenvalue weighted by molar-refractivity contribution is 6.16. The van der Waals surface area contributed by atoms with Gasteiger partial charge in [0.2, 0.25) is 0 Å². The Morgan fingerprint density at radius 1 is 1.30 bits per heavy atom. The van der Waals surface area contributed by atoms with Gasteiger partial charge in [0.05, 0.1) is 22.8 Å². The molecule has 0 radical (unpaired) electrons. The summed E-state index contributed by atoms with van der Waals surface area (Å²) in [6.45, 7) is 8.00. The van der Waals surface area contributed by atoms with Crippen molar-refractivity contribution in [3.05, 3.63) is 42.0 Å². The molecule has 2 atom stereocenters. The maximum absolute atomic E-state index is 15.1. The van der Waals surface area contributed by atoms with Gasteiger partial charge in [0, 0.05) is 31.1 Å². The van der Waals surface area contributed by atoms with E-state index in [1.165, 1.54) is 36.3 Å². The molecule has 208 valence electrons. The van der Waals surface area contributed by atoms with Crippen LogP contribution in [0, 0.1) is 17.1 Å². The van der Waals surface area contributed by atoms with E-state index in [-0.39, 0.29) is 23.8 Å². The van der Waals surface area contributed by atoms with E-state index in [1.54, 1.807) is 26.8 Å². The first-order valence-corrected chi connectivity index (χ1v) is 13.0. The Kier molecular flexibility index (Phi) is 6.93. The number of rotatable bonds is 4. The van der Waals surface area contributed by atoms with Crippen LogP contribution in [-0.4, -0.2) is 57.3 Å². The zero-order valence-electron chi connectivity index (χ0n) is 23.0. The predicted octanol–water partition coefficient (Wildman–Crippen LogP) is 5.00. The lowest BCUT2D eigenvalue weighted by molar-refractivity contribution is 0.0589. The molecule has 0 spiro atoms. The van der Waals surface area contributed by atoms with Crippen LogP contribution in [0.25, 0.3) is 21.9 Å². The normalized spacial score (nSPS) is 17.6. The molecule has 11 nitrogen and oxygen atoms in total. The number of halogens is 1. The van der Waals surface area contributed by atoms with Crippen LogP contribution in [0.1, 0.15) is 46.2 Å². The zero-order valence-corrected chi connectivity index (χ0v) is 23.0. The molecule has 1 amide bonds. The number of amides is 1. The van der Waals surface area contributed by atoms with Crippen molar-refractivity contribution >= 4 is 39.5 Å². The van der Waals surface area contributed by atoms with Crippen LogP contribution in [-0.2, 0) is 4.74 Å². The number of ether oxygens (including phenoxy) is 2. The summed E-state index contributed by atoms with van der Waals surface area (Å²) in [7, 11) is 1.53. The number of aromatic nitrogens is 4. The molecule has 4 heterocycles. The Labute approximate surface area is 230 Å². The Balaban J connectivity index is 1.68. The third-order valence-electron chi connectivity index (χ3n) is 6.74.